The maximum absolute atomic E-state index is 12.4. The summed E-state index contributed by atoms with van der Waals surface area (Å²) >= 11 is 0. The normalized spacial score (nSPS) is 14.9. The zero-order chi connectivity index (χ0) is 22.8. The number of phenols is 1. The molecule has 12 heteroatoms. The largest absolute Gasteiger partial charge is 0.502 e. The number of non-ortho nitro benzene ring substituents is 1. The highest BCUT2D eigenvalue weighted by Crippen LogP contribution is 2.36. The molecule has 0 bridgehead atoms. The van der Waals surface area contributed by atoms with Crippen LogP contribution in [0.25, 0.3) is 10.8 Å². The van der Waals surface area contributed by atoms with Gasteiger partial charge in [0, 0.05) is 6.07 Å². The van der Waals surface area contributed by atoms with Crippen LogP contribution in [-0.2, 0) is 4.79 Å². The van der Waals surface area contributed by atoms with Crippen LogP contribution in [-0.4, -0.2) is 39.8 Å². The number of rotatable bonds is 5. The lowest BCUT2D eigenvalue weighted by Crippen LogP contribution is -2.42. The van der Waals surface area contributed by atoms with E-state index >= 15 is 0 Å². The van der Waals surface area contributed by atoms with Gasteiger partial charge in [0.2, 0.25) is 11.9 Å². The maximum Gasteiger partial charge on any atom is 0.318 e. The maximum atomic E-state index is 12.4. The lowest BCUT2D eigenvalue weighted by Gasteiger charge is -2.25. The van der Waals surface area contributed by atoms with Crippen molar-refractivity contribution < 1.29 is 29.2 Å². The van der Waals surface area contributed by atoms with Crippen LogP contribution in [0.2, 0.25) is 0 Å². The highest BCUT2D eigenvalue weighted by atomic mass is 16.6. The number of nitrogens with one attached hydrogen (secondary N) is 1. The molecule has 1 atom stereocenters. The third-order valence-electron chi connectivity index (χ3n) is 4.65. The van der Waals surface area contributed by atoms with Gasteiger partial charge in [0.1, 0.15) is 6.61 Å². The molecule has 12 nitrogen and oxygen atoms in total. The summed E-state index contributed by atoms with van der Waals surface area (Å²) in [5.74, 6) is -0.632. The van der Waals surface area contributed by atoms with Crippen LogP contribution < -0.4 is 14.9 Å². The Balaban J connectivity index is 1.49. The van der Waals surface area contributed by atoms with E-state index in [1.54, 1.807) is 12.1 Å². The molecule has 0 fully saturated rings. The van der Waals surface area contributed by atoms with Gasteiger partial charge in [-0.2, -0.15) is 5.10 Å². The van der Waals surface area contributed by atoms with Crippen LogP contribution in [0.5, 0.6) is 17.2 Å². The Kier molecular flexibility index (Phi) is 5.25. The van der Waals surface area contributed by atoms with E-state index < -0.39 is 39.0 Å². The number of amides is 1. The van der Waals surface area contributed by atoms with E-state index in [0.29, 0.717) is 17.6 Å². The van der Waals surface area contributed by atoms with Gasteiger partial charge in [-0.15, -0.1) is 0 Å². The van der Waals surface area contributed by atoms with Crippen LogP contribution in [0, 0.1) is 20.2 Å². The standard InChI is InChI=1S/C20H14N4O8/c25-19-13(5-14(23(27)28)8-15(19)24(29)30)9-21-22-20(26)18-10-31-16-6-11-3-1-2-4-12(11)7-17(16)32-18/h1-9,18,25H,10H2,(H,22,26)/b21-9+/t18-/m0/s1. The van der Waals surface area contributed by atoms with Gasteiger partial charge in [-0.1, -0.05) is 24.3 Å². The first-order valence-corrected chi connectivity index (χ1v) is 9.14. The van der Waals surface area contributed by atoms with E-state index in [-0.39, 0.29) is 12.2 Å². The fourth-order valence-electron chi connectivity index (χ4n) is 3.09. The average molecular weight is 438 g/mol. The van der Waals surface area contributed by atoms with Crippen LogP contribution in [0.1, 0.15) is 5.56 Å². The molecule has 1 heterocycles. The van der Waals surface area contributed by atoms with E-state index in [4.69, 9.17) is 9.47 Å². The molecule has 1 aliphatic heterocycles. The number of hydrogen-bond acceptors (Lipinski definition) is 9. The number of ether oxygens (including phenoxy) is 2. The summed E-state index contributed by atoms with van der Waals surface area (Å²) in [6.07, 6.45) is -0.174. The molecule has 0 saturated carbocycles. The SMILES string of the molecule is O=C(N/N=C/c1cc([N+](=O)[O-])cc([N+](=O)[O-])c1O)[C@@H]1COc2cc3ccccc3cc2O1. The quantitative estimate of drug-likeness (QED) is 0.348. The first-order chi connectivity index (χ1) is 15.3. The van der Waals surface area contributed by atoms with E-state index in [0.717, 1.165) is 23.1 Å². The van der Waals surface area contributed by atoms with Gasteiger partial charge in [-0.05, 0) is 22.9 Å². The second kappa shape index (κ2) is 8.18. The fourth-order valence-corrected chi connectivity index (χ4v) is 3.09. The van der Waals surface area contributed by atoms with Crippen molar-refractivity contribution in [2.75, 3.05) is 6.61 Å². The highest BCUT2D eigenvalue weighted by Gasteiger charge is 2.28. The molecule has 2 N–H and O–H groups in total. The molecule has 3 aromatic carbocycles. The van der Waals surface area contributed by atoms with Crippen molar-refractivity contribution in [1.82, 2.24) is 5.43 Å². The minimum Gasteiger partial charge on any atom is -0.502 e. The molecule has 162 valence electrons. The molecular formula is C20H14N4O8. The highest BCUT2D eigenvalue weighted by molar-refractivity contribution is 5.90. The first-order valence-electron chi connectivity index (χ1n) is 9.14. The number of carbonyl (C=O) groups excluding carboxylic acids is 1. The molecule has 1 aliphatic rings. The summed E-state index contributed by atoms with van der Waals surface area (Å²) in [4.78, 5) is 32.5. The van der Waals surface area contributed by atoms with Gasteiger partial charge in [0.05, 0.1) is 27.7 Å². The molecule has 3 aromatic rings. The van der Waals surface area contributed by atoms with Gasteiger partial charge in [-0.3, -0.25) is 25.0 Å². The molecule has 0 unspecified atom stereocenters. The van der Waals surface area contributed by atoms with Crippen molar-refractivity contribution in [2.24, 2.45) is 5.10 Å². The lowest BCUT2D eigenvalue weighted by atomic mass is 10.1. The Hall–Kier alpha value is -4.74. The number of hydrazone groups is 1. The number of carbonyl (C=O) groups is 1. The molecule has 0 saturated heterocycles. The summed E-state index contributed by atoms with van der Waals surface area (Å²) in [5, 5.41) is 37.4. The minimum atomic E-state index is -1.03. The van der Waals surface area contributed by atoms with Crippen molar-refractivity contribution in [3.63, 3.8) is 0 Å². The van der Waals surface area contributed by atoms with Gasteiger partial charge in [-0.25, -0.2) is 5.43 Å². The van der Waals surface area contributed by atoms with Gasteiger partial charge < -0.3 is 14.6 Å². The lowest BCUT2D eigenvalue weighted by molar-refractivity contribution is -0.394. The number of nitro benzene ring substituents is 2. The van der Waals surface area contributed by atoms with E-state index in [9.17, 15) is 30.1 Å². The summed E-state index contributed by atoms with van der Waals surface area (Å²) in [5.41, 5.74) is 0.375. The molecule has 0 radical (unpaired) electrons. The number of phenolic OH excluding ortho intramolecular Hbond substituents is 1. The average Bonchev–Trinajstić information content (AvgIpc) is 2.77. The van der Waals surface area contributed by atoms with Crippen molar-refractivity contribution in [2.45, 2.75) is 6.10 Å². The van der Waals surface area contributed by atoms with E-state index in [2.05, 4.69) is 10.5 Å². The Bertz CT molecular complexity index is 1290. The van der Waals surface area contributed by atoms with Crippen LogP contribution in [0.15, 0.2) is 53.6 Å². The van der Waals surface area contributed by atoms with Gasteiger partial charge >= 0.3 is 5.69 Å². The van der Waals surface area contributed by atoms with Crippen LogP contribution in [0.3, 0.4) is 0 Å². The topological polar surface area (TPSA) is 166 Å². The van der Waals surface area contributed by atoms with Crippen molar-refractivity contribution >= 4 is 34.3 Å². The molecule has 0 aromatic heterocycles. The molecule has 1 amide bonds. The number of aromatic hydroxyl groups is 1. The second-order valence-corrected chi connectivity index (χ2v) is 6.71. The molecule has 32 heavy (non-hydrogen) atoms. The Morgan fingerprint density at radius 1 is 1.09 bits per heavy atom. The Morgan fingerprint density at radius 2 is 1.78 bits per heavy atom. The third kappa shape index (κ3) is 3.96. The molecule has 0 aliphatic carbocycles. The minimum absolute atomic E-state index is 0.0831. The first kappa shape index (κ1) is 20.5. The van der Waals surface area contributed by atoms with E-state index in [1.165, 1.54) is 0 Å². The van der Waals surface area contributed by atoms with Gasteiger partial charge in [0.15, 0.2) is 11.5 Å². The van der Waals surface area contributed by atoms with Crippen molar-refractivity contribution in [3.8, 4) is 17.2 Å². The molecule has 0 spiro atoms. The zero-order valence-electron chi connectivity index (χ0n) is 16.1. The van der Waals surface area contributed by atoms with Crippen LogP contribution >= 0.6 is 0 Å². The van der Waals surface area contributed by atoms with Gasteiger partial charge in [0.25, 0.3) is 11.6 Å². The number of nitrogens with zero attached hydrogens (tertiary/aromatic N) is 3. The van der Waals surface area contributed by atoms with Crippen molar-refractivity contribution in [1.29, 1.82) is 0 Å². The second-order valence-electron chi connectivity index (χ2n) is 6.71. The summed E-state index contributed by atoms with van der Waals surface area (Å²) in [6, 6.07) is 12.6. The van der Waals surface area contributed by atoms with Crippen LogP contribution in [0.4, 0.5) is 11.4 Å². The molecule has 4 rings (SSSR count). The summed E-state index contributed by atoms with van der Waals surface area (Å²) in [7, 11) is 0. The zero-order valence-corrected chi connectivity index (χ0v) is 16.1. The molecular weight excluding hydrogens is 424 g/mol. The Morgan fingerprint density at radius 3 is 2.44 bits per heavy atom. The number of fused-ring (bicyclic) bond motifs is 2. The van der Waals surface area contributed by atoms with E-state index in [1.807, 2.05) is 24.3 Å². The number of nitro groups is 2. The Labute approximate surface area is 179 Å². The third-order valence-corrected chi connectivity index (χ3v) is 4.65. The van der Waals surface area contributed by atoms with Crippen molar-refractivity contribution in [3.05, 3.63) is 74.3 Å². The summed E-state index contributed by atoms with van der Waals surface area (Å²) < 4.78 is 11.3. The fraction of sp³-hybridized carbons (Fsp3) is 0.100. The predicted octanol–water partition coefficient (Wildman–Crippen LogP) is 2.65. The smallest absolute Gasteiger partial charge is 0.318 e. The number of benzene rings is 3. The monoisotopic (exact) mass is 438 g/mol. The summed E-state index contributed by atoms with van der Waals surface area (Å²) in [6.45, 7) is -0.0831. The number of hydrogen-bond donors (Lipinski definition) is 2. The predicted molar refractivity (Wildman–Crippen MR) is 111 cm³/mol.